The van der Waals surface area contributed by atoms with E-state index >= 15 is 8.78 Å². The smallest absolute Gasteiger partial charge is 0.435 e. The van der Waals surface area contributed by atoms with E-state index in [2.05, 4.69) is 32.3 Å². The third-order valence-corrected chi connectivity index (χ3v) is 15.7. The number of rotatable bonds is 13. The average Bonchev–Trinajstić information content (AvgIpc) is 4.12. The fourth-order valence-corrected chi connectivity index (χ4v) is 10.1. The van der Waals surface area contributed by atoms with Crippen LogP contribution < -0.4 is 9.62 Å². The fraction of sp³-hybridized carbons (Fsp3) is 0.409. The number of pyridine rings is 1. The van der Waals surface area contributed by atoms with Gasteiger partial charge in [-0.15, -0.1) is 0 Å². The highest BCUT2D eigenvalue weighted by Gasteiger charge is 2.68. The number of aliphatic carboxylic acids is 1. The summed E-state index contributed by atoms with van der Waals surface area (Å²) >= 11 is 6.61. The first kappa shape index (κ1) is 52.1. The lowest BCUT2D eigenvalue weighted by molar-refractivity contribution is -0.143. The minimum absolute atomic E-state index is 0.0115. The number of carboxylic acid groups (broad SMARTS) is 1. The van der Waals surface area contributed by atoms with Crippen molar-refractivity contribution in [1.82, 2.24) is 29.9 Å². The van der Waals surface area contributed by atoms with Crippen molar-refractivity contribution in [2.75, 3.05) is 16.8 Å². The van der Waals surface area contributed by atoms with Crippen molar-refractivity contribution in [3.05, 3.63) is 93.0 Å². The molecule has 2 fully saturated rings. The van der Waals surface area contributed by atoms with Gasteiger partial charge in [0.15, 0.2) is 21.3 Å². The van der Waals surface area contributed by atoms with Crippen LogP contribution in [-0.4, -0.2) is 87.7 Å². The summed E-state index contributed by atoms with van der Waals surface area (Å²) in [4.78, 5) is 44.2. The normalized spacial score (nSPS) is 19.8. The Balaban J connectivity index is 1.36. The number of sulfonamides is 1. The molecule has 0 unspecified atom stereocenters. The second-order valence-electron chi connectivity index (χ2n) is 18.2. The molecule has 2 saturated carbocycles. The lowest BCUT2D eigenvalue weighted by Crippen LogP contribution is -2.38. The maximum atomic E-state index is 15.6. The van der Waals surface area contributed by atoms with Crippen LogP contribution in [0.4, 0.5) is 49.7 Å². The molecule has 384 valence electrons. The number of carboxylic acids is 1. The minimum atomic E-state index is -5.23. The molecule has 5 aromatic rings. The molecule has 2 N–H and O–H groups in total. The number of halogens is 11. The van der Waals surface area contributed by atoms with Gasteiger partial charge >= 0.3 is 18.3 Å². The Morgan fingerprint density at radius 2 is 1.57 bits per heavy atom. The van der Waals surface area contributed by atoms with E-state index in [1.807, 2.05) is 0 Å². The molecule has 2 aromatic carbocycles. The number of aromatic nitrogens is 5. The Bertz CT molecular complexity index is 3420. The van der Waals surface area contributed by atoms with Gasteiger partial charge in [-0.1, -0.05) is 23.6 Å². The summed E-state index contributed by atoms with van der Waals surface area (Å²) < 4.78 is 198. The Morgan fingerprint density at radius 3 is 2.14 bits per heavy atom. The molecule has 3 aliphatic rings. The third-order valence-electron chi connectivity index (χ3n) is 12.5. The monoisotopic (exact) mass is 1080 g/mol. The zero-order valence-electron chi connectivity index (χ0n) is 37.4. The van der Waals surface area contributed by atoms with Crippen molar-refractivity contribution >= 4 is 66.0 Å². The maximum Gasteiger partial charge on any atom is 0.435 e. The van der Waals surface area contributed by atoms with Gasteiger partial charge in [0.25, 0.3) is 5.92 Å². The highest BCUT2D eigenvalue weighted by molar-refractivity contribution is 7.93. The van der Waals surface area contributed by atoms with Crippen molar-refractivity contribution in [3.63, 3.8) is 0 Å². The number of hydrogen-bond acceptors (Lipinski definition) is 10. The molecule has 5 atom stereocenters. The van der Waals surface area contributed by atoms with E-state index < -0.39 is 171 Å². The molecular formula is C44H36ClF10N7O8S2. The molecule has 0 bridgehead atoms. The number of anilines is 1. The first-order chi connectivity index (χ1) is 33.1. The van der Waals surface area contributed by atoms with Crippen LogP contribution in [0.25, 0.3) is 22.0 Å². The molecule has 0 aliphatic heterocycles. The van der Waals surface area contributed by atoms with Crippen molar-refractivity contribution in [3.8, 4) is 23.0 Å². The second-order valence-corrected chi connectivity index (χ2v) is 23.0. The minimum Gasteiger partial charge on any atom is -0.481 e. The highest BCUT2D eigenvalue weighted by atomic mass is 35.5. The summed E-state index contributed by atoms with van der Waals surface area (Å²) in [6, 6.07) is 4.60. The number of carbonyl (C=O) groups excluding carboxylic acids is 2. The van der Waals surface area contributed by atoms with Gasteiger partial charge in [-0.05, 0) is 80.8 Å². The van der Waals surface area contributed by atoms with E-state index in [0.717, 1.165) is 42.7 Å². The molecule has 2 amide bonds. The van der Waals surface area contributed by atoms with Gasteiger partial charge in [-0.3, -0.25) is 23.7 Å². The highest BCUT2D eigenvalue weighted by Crippen LogP contribution is 2.68. The first-order valence-electron chi connectivity index (χ1n) is 21.2. The van der Waals surface area contributed by atoms with Gasteiger partial charge < -0.3 is 10.4 Å². The Kier molecular flexibility index (Phi) is 12.6. The molecular weight excluding hydrogens is 1040 g/mol. The Labute approximate surface area is 406 Å². The van der Waals surface area contributed by atoms with E-state index in [-0.39, 0.29) is 43.3 Å². The number of nitrogens with zero attached hydrogens (tertiary/aromatic N) is 6. The SMILES string of the molecule is CC(C)(C#Cc1ccc(-c2ccc(Cl)c3c(N(C(=O)[C@@H]4C[C@H]4C(=O)O)S(C)(=O)=O)nn(CC(F)(F)F)c23)c([C@H](Cc2cc(F)cc(F)c2)NC(=O)Cn2nc(C(F)(F)F)c3c2C(F)(F)[C@@H]2C[C@H]32)n1)S(C)(=O)=O. The van der Waals surface area contributed by atoms with Crippen molar-refractivity contribution in [1.29, 1.82) is 0 Å². The van der Waals surface area contributed by atoms with Crippen molar-refractivity contribution in [2.24, 2.45) is 17.8 Å². The van der Waals surface area contributed by atoms with Gasteiger partial charge in [0.2, 0.25) is 21.8 Å². The van der Waals surface area contributed by atoms with E-state index in [1.54, 1.807) is 0 Å². The largest absolute Gasteiger partial charge is 0.481 e. The topological polar surface area (TPSA) is 204 Å². The summed E-state index contributed by atoms with van der Waals surface area (Å²) in [7, 11) is -8.78. The van der Waals surface area contributed by atoms with Crippen LogP contribution in [0, 0.1) is 41.2 Å². The summed E-state index contributed by atoms with van der Waals surface area (Å²) in [5.41, 5.74) is -6.09. The molecule has 72 heavy (non-hydrogen) atoms. The molecule has 3 heterocycles. The van der Waals surface area contributed by atoms with E-state index in [1.165, 1.54) is 13.8 Å². The second kappa shape index (κ2) is 17.5. The number of nitrogens with one attached hydrogen (secondary N) is 1. The number of alkyl halides is 8. The predicted octanol–water partition coefficient (Wildman–Crippen LogP) is 7.30. The van der Waals surface area contributed by atoms with Crippen molar-refractivity contribution in [2.45, 2.75) is 81.2 Å². The number of fused-ring (bicyclic) bond motifs is 4. The van der Waals surface area contributed by atoms with Gasteiger partial charge in [0.05, 0.1) is 45.8 Å². The predicted molar refractivity (Wildman–Crippen MR) is 234 cm³/mol. The first-order valence-corrected chi connectivity index (χ1v) is 25.3. The molecule has 3 aliphatic carbocycles. The standard InChI is InChI=1S/C44H36ClF10N7O8S2/c1-41(2,71(3,67)68)10-9-22-5-6-23(24-7-8-29(45)33-35(24)61(18-42(48,49)50)59-38(33)62(72(4,69)70)39(64)25-15-26(25)40(65)66)34(56-22)30(13-19-11-20(46)14-21(47)12-19)57-31(63)17-60-37-32(36(58-60)44(53,54)55)27-16-28(27)43(37,51)52/h5-8,11-12,14,25-28,30H,13,15-18H2,1-4H3,(H,57,63)(H,65,66)/t25-,26-,27+,28-,30+/m1/s1. The molecule has 28 heteroatoms. The lowest BCUT2D eigenvalue weighted by atomic mass is 9.93. The molecule has 0 spiro atoms. The van der Waals surface area contributed by atoms with Crippen LogP contribution in [0.1, 0.15) is 72.6 Å². The van der Waals surface area contributed by atoms with Crippen LogP contribution in [0.5, 0.6) is 0 Å². The Hall–Kier alpha value is -6.27. The van der Waals surface area contributed by atoms with Crippen LogP contribution in [0.2, 0.25) is 5.02 Å². The summed E-state index contributed by atoms with van der Waals surface area (Å²) in [5, 5.41) is 18.0. The van der Waals surface area contributed by atoms with Gasteiger partial charge in [0, 0.05) is 34.9 Å². The Morgan fingerprint density at radius 1 is 0.931 bits per heavy atom. The fourth-order valence-electron chi connectivity index (χ4n) is 8.72. The quantitative estimate of drug-likeness (QED) is 0.0885. The van der Waals surface area contributed by atoms with Crippen molar-refractivity contribution < 1.29 is 80.2 Å². The molecule has 0 radical (unpaired) electrons. The number of hydrogen-bond donors (Lipinski definition) is 2. The zero-order valence-corrected chi connectivity index (χ0v) is 39.8. The van der Waals surface area contributed by atoms with Gasteiger partial charge in [-0.2, -0.15) is 49.6 Å². The molecule has 15 nitrogen and oxygen atoms in total. The average molecular weight is 1080 g/mol. The summed E-state index contributed by atoms with van der Waals surface area (Å²) in [6.07, 6.45) is -10.4. The summed E-state index contributed by atoms with van der Waals surface area (Å²) in [5.74, 6) is -11.8. The lowest BCUT2D eigenvalue weighted by Gasteiger charge is -2.23. The number of amides is 2. The number of sulfone groups is 1. The van der Waals surface area contributed by atoms with Crippen LogP contribution in [0.3, 0.4) is 0 Å². The number of carbonyl (C=O) groups is 3. The van der Waals surface area contributed by atoms with Gasteiger partial charge in [0.1, 0.15) is 40.9 Å². The third kappa shape index (κ3) is 9.83. The molecule has 3 aromatic heterocycles. The van der Waals surface area contributed by atoms with E-state index in [4.69, 9.17) is 11.6 Å². The summed E-state index contributed by atoms with van der Waals surface area (Å²) in [6.45, 7) is -0.881. The van der Waals surface area contributed by atoms with Crippen LogP contribution >= 0.6 is 11.6 Å². The number of benzene rings is 2. The molecule has 8 rings (SSSR count). The zero-order chi connectivity index (χ0) is 53.2. The van der Waals surface area contributed by atoms with E-state index in [0.29, 0.717) is 12.3 Å². The van der Waals surface area contributed by atoms with Crippen LogP contribution in [-0.2, 0) is 65.9 Å². The maximum absolute atomic E-state index is 15.6. The van der Waals surface area contributed by atoms with E-state index in [9.17, 15) is 71.4 Å². The van der Waals surface area contributed by atoms with Crippen LogP contribution in [0.15, 0.2) is 42.5 Å². The molecule has 0 saturated heterocycles. The van der Waals surface area contributed by atoms with Gasteiger partial charge in [-0.25, -0.2) is 30.6 Å².